The highest BCUT2D eigenvalue weighted by molar-refractivity contribution is 5.92. The first-order valence-electron chi connectivity index (χ1n) is 5.82. The SMILES string of the molecule is C#CCC(NC(=O)Nc1cnn(CCOC)c1)C(=O)O. The van der Waals surface area contributed by atoms with E-state index in [1.54, 1.807) is 18.0 Å². The smallest absolute Gasteiger partial charge is 0.327 e. The van der Waals surface area contributed by atoms with Crippen LogP contribution >= 0.6 is 0 Å². The molecular weight excluding hydrogens is 264 g/mol. The fourth-order valence-electron chi connectivity index (χ4n) is 1.38. The Bertz CT molecular complexity index is 506. The second-order valence-corrected chi connectivity index (χ2v) is 3.88. The molecule has 8 nitrogen and oxygen atoms in total. The lowest BCUT2D eigenvalue weighted by atomic mass is 10.2. The number of urea groups is 1. The van der Waals surface area contributed by atoms with Crippen LogP contribution in [0.4, 0.5) is 10.5 Å². The van der Waals surface area contributed by atoms with Gasteiger partial charge < -0.3 is 20.5 Å². The molecule has 1 heterocycles. The van der Waals surface area contributed by atoms with Gasteiger partial charge in [-0.15, -0.1) is 12.3 Å². The van der Waals surface area contributed by atoms with Crippen LogP contribution in [0.15, 0.2) is 12.4 Å². The topological polar surface area (TPSA) is 105 Å². The molecule has 0 bridgehead atoms. The summed E-state index contributed by atoms with van der Waals surface area (Å²) in [4.78, 5) is 22.4. The number of nitrogens with zero attached hydrogens (tertiary/aromatic N) is 2. The molecule has 0 saturated heterocycles. The van der Waals surface area contributed by atoms with E-state index in [0.29, 0.717) is 18.8 Å². The fraction of sp³-hybridized carbons (Fsp3) is 0.417. The molecule has 1 aromatic heterocycles. The zero-order chi connectivity index (χ0) is 15.0. The van der Waals surface area contributed by atoms with Gasteiger partial charge in [-0.25, -0.2) is 9.59 Å². The summed E-state index contributed by atoms with van der Waals surface area (Å²) in [5.41, 5.74) is 0.448. The summed E-state index contributed by atoms with van der Waals surface area (Å²) in [5, 5.41) is 17.6. The average Bonchev–Trinajstić information content (AvgIpc) is 2.83. The van der Waals surface area contributed by atoms with Gasteiger partial charge in [-0.1, -0.05) is 0 Å². The van der Waals surface area contributed by atoms with Gasteiger partial charge >= 0.3 is 12.0 Å². The van der Waals surface area contributed by atoms with E-state index in [4.69, 9.17) is 16.3 Å². The van der Waals surface area contributed by atoms with Crippen molar-refractivity contribution in [1.82, 2.24) is 15.1 Å². The third-order valence-electron chi connectivity index (χ3n) is 2.34. The van der Waals surface area contributed by atoms with E-state index in [-0.39, 0.29) is 6.42 Å². The molecule has 0 saturated carbocycles. The molecule has 1 aromatic rings. The summed E-state index contributed by atoms with van der Waals surface area (Å²) in [6.07, 6.45) is 8.00. The third-order valence-corrected chi connectivity index (χ3v) is 2.34. The van der Waals surface area contributed by atoms with E-state index in [9.17, 15) is 9.59 Å². The number of anilines is 1. The molecule has 3 N–H and O–H groups in total. The summed E-state index contributed by atoms with van der Waals surface area (Å²) in [6, 6.07) is -1.78. The van der Waals surface area contributed by atoms with Gasteiger partial charge in [-0.05, 0) is 0 Å². The van der Waals surface area contributed by atoms with Gasteiger partial charge in [0.05, 0.1) is 25.0 Å². The minimum absolute atomic E-state index is 0.0874. The minimum Gasteiger partial charge on any atom is -0.480 e. The number of carbonyl (C=O) groups is 2. The Morgan fingerprint density at radius 3 is 3.00 bits per heavy atom. The number of carboxylic acid groups (broad SMARTS) is 1. The van der Waals surface area contributed by atoms with Crippen LogP contribution < -0.4 is 10.6 Å². The van der Waals surface area contributed by atoms with E-state index >= 15 is 0 Å². The van der Waals surface area contributed by atoms with Crippen LogP contribution in [0.1, 0.15) is 6.42 Å². The van der Waals surface area contributed by atoms with E-state index in [0.717, 1.165) is 0 Å². The van der Waals surface area contributed by atoms with Crippen molar-refractivity contribution in [2.24, 2.45) is 0 Å². The number of aromatic nitrogens is 2. The molecule has 1 unspecified atom stereocenters. The lowest BCUT2D eigenvalue weighted by molar-refractivity contribution is -0.139. The minimum atomic E-state index is -1.19. The molecule has 0 fully saturated rings. The molecule has 20 heavy (non-hydrogen) atoms. The molecule has 2 amide bonds. The Morgan fingerprint density at radius 1 is 1.65 bits per heavy atom. The number of amides is 2. The standard InChI is InChI=1S/C12H16N4O4/c1-3-4-10(11(17)18)15-12(19)14-9-7-13-16(8-9)5-6-20-2/h1,7-8,10H,4-6H2,2H3,(H,17,18)(H2,14,15,19). The normalized spacial score (nSPS) is 11.4. The van der Waals surface area contributed by atoms with Gasteiger partial charge in [-0.3, -0.25) is 4.68 Å². The van der Waals surface area contributed by atoms with Crippen molar-refractivity contribution in [3.63, 3.8) is 0 Å². The van der Waals surface area contributed by atoms with Crippen LogP contribution in [-0.4, -0.2) is 46.6 Å². The van der Waals surface area contributed by atoms with Crippen molar-refractivity contribution >= 4 is 17.7 Å². The summed E-state index contributed by atoms with van der Waals surface area (Å²) >= 11 is 0. The predicted octanol–water partition coefficient (Wildman–Crippen LogP) is 0.127. The van der Waals surface area contributed by atoms with E-state index in [2.05, 4.69) is 21.7 Å². The molecule has 8 heteroatoms. The largest absolute Gasteiger partial charge is 0.480 e. The number of ether oxygens (including phenoxy) is 1. The number of hydrogen-bond donors (Lipinski definition) is 3. The summed E-state index contributed by atoms with van der Waals surface area (Å²) in [7, 11) is 1.58. The van der Waals surface area contributed by atoms with Crippen LogP contribution in [0.5, 0.6) is 0 Å². The van der Waals surface area contributed by atoms with Gasteiger partial charge in [0.25, 0.3) is 0 Å². The Balaban J connectivity index is 2.51. The number of hydrogen-bond acceptors (Lipinski definition) is 4. The molecule has 0 aromatic carbocycles. The molecule has 108 valence electrons. The van der Waals surface area contributed by atoms with E-state index in [1.807, 2.05) is 0 Å². The Labute approximate surface area is 116 Å². The first-order valence-corrected chi connectivity index (χ1v) is 5.82. The van der Waals surface area contributed by atoms with Crippen LogP contribution in [0.2, 0.25) is 0 Å². The maximum absolute atomic E-state index is 11.6. The van der Waals surface area contributed by atoms with Gasteiger partial charge in [0.1, 0.15) is 6.04 Å². The zero-order valence-corrected chi connectivity index (χ0v) is 11.0. The molecule has 1 atom stereocenters. The highest BCUT2D eigenvalue weighted by Gasteiger charge is 2.18. The third kappa shape index (κ3) is 4.99. The van der Waals surface area contributed by atoms with Crippen molar-refractivity contribution < 1.29 is 19.4 Å². The van der Waals surface area contributed by atoms with Crippen molar-refractivity contribution in [2.45, 2.75) is 19.0 Å². The molecular formula is C12H16N4O4. The number of terminal acetylenes is 1. The van der Waals surface area contributed by atoms with Crippen molar-refractivity contribution in [3.05, 3.63) is 12.4 Å². The van der Waals surface area contributed by atoms with Crippen LogP contribution in [-0.2, 0) is 16.1 Å². The van der Waals surface area contributed by atoms with Crippen molar-refractivity contribution in [3.8, 4) is 12.3 Å². The van der Waals surface area contributed by atoms with E-state index in [1.165, 1.54) is 6.20 Å². The van der Waals surface area contributed by atoms with Crippen LogP contribution in [0, 0.1) is 12.3 Å². The quantitative estimate of drug-likeness (QED) is 0.615. The second-order valence-electron chi connectivity index (χ2n) is 3.88. The summed E-state index contributed by atoms with van der Waals surface area (Å²) in [5.74, 6) is 1.01. The molecule has 1 rings (SSSR count). The van der Waals surface area contributed by atoms with Gasteiger partial charge in [0.15, 0.2) is 0 Å². The van der Waals surface area contributed by atoms with Crippen LogP contribution in [0.25, 0.3) is 0 Å². The number of carbonyl (C=O) groups excluding carboxylic acids is 1. The second kappa shape index (κ2) is 7.81. The monoisotopic (exact) mass is 280 g/mol. The average molecular weight is 280 g/mol. The fourth-order valence-corrected chi connectivity index (χ4v) is 1.38. The number of methoxy groups -OCH3 is 1. The Kier molecular flexibility index (Phi) is 6.06. The Morgan fingerprint density at radius 2 is 2.40 bits per heavy atom. The number of aliphatic carboxylic acids is 1. The number of rotatable bonds is 7. The van der Waals surface area contributed by atoms with Crippen LogP contribution in [0.3, 0.4) is 0 Å². The van der Waals surface area contributed by atoms with E-state index < -0.39 is 18.0 Å². The first-order chi connectivity index (χ1) is 9.56. The molecule has 0 aliphatic rings. The van der Waals surface area contributed by atoms with Crippen molar-refractivity contribution in [2.75, 3.05) is 19.0 Å². The maximum atomic E-state index is 11.6. The first kappa shape index (κ1) is 15.5. The Hall–Kier alpha value is -2.53. The highest BCUT2D eigenvalue weighted by atomic mass is 16.5. The lowest BCUT2D eigenvalue weighted by Crippen LogP contribution is -2.42. The van der Waals surface area contributed by atoms with Crippen molar-refractivity contribution in [1.29, 1.82) is 0 Å². The highest BCUT2D eigenvalue weighted by Crippen LogP contribution is 2.04. The lowest BCUT2D eigenvalue weighted by Gasteiger charge is -2.11. The molecule has 0 aliphatic heterocycles. The summed E-state index contributed by atoms with van der Waals surface area (Å²) in [6.45, 7) is 1.05. The van der Waals surface area contributed by atoms with Gasteiger partial charge in [-0.2, -0.15) is 5.10 Å². The maximum Gasteiger partial charge on any atom is 0.327 e. The summed E-state index contributed by atoms with van der Waals surface area (Å²) < 4.78 is 6.49. The molecule has 0 spiro atoms. The number of carboxylic acids is 1. The van der Waals surface area contributed by atoms with Gasteiger partial charge in [0.2, 0.25) is 0 Å². The molecule has 0 radical (unpaired) electrons. The number of nitrogens with one attached hydrogen (secondary N) is 2. The zero-order valence-electron chi connectivity index (χ0n) is 11.0. The predicted molar refractivity (Wildman–Crippen MR) is 71.1 cm³/mol. The molecule has 0 aliphatic carbocycles. The van der Waals surface area contributed by atoms with Gasteiger partial charge in [0, 0.05) is 19.7 Å².